The minimum atomic E-state index is -0.457. The van der Waals surface area contributed by atoms with Crippen molar-refractivity contribution in [2.75, 3.05) is 7.11 Å². The van der Waals surface area contributed by atoms with E-state index < -0.39 is 5.97 Å². The fourth-order valence-electron chi connectivity index (χ4n) is 2.49. The molecule has 0 bridgehead atoms. The number of methoxy groups -OCH3 is 1. The number of aryl methyl sites for hydroxylation is 1. The molecular weight excluding hydrogens is 304 g/mol. The first-order valence-corrected chi connectivity index (χ1v) is 7.44. The molecule has 0 aliphatic heterocycles. The second-order valence-corrected chi connectivity index (χ2v) is 5.37. The smallest absolute Gasteiger partial charge is 0.330 e. The molecule has 5 nitrogen and oxygen atoms in total. The zero-order valence-corrected chi connectivity index (χ0v) is 13.4. The highest BCUT2D eigenvalue weighted by atomic mass is 16.5. The summed E-state index contributed by atoms with van der Waals surface area (Å²) < 4.78 is 5.97. The molecule has 0 saturated carbocycles. The summed E-state index contributed by atoms with van der Waals surface area (Å²) in [5.74, 6) is -0.457. The maximum atomic E-state index is 12.7. The Kier molecular flexibility index (Phi) is 4.24. The Morgan fingerprint density at radius 2 is 2.00 bits per heavy atom. The van der Waals surface area contributed by atoms with Crippen LogP contribution in [0.15, 0.2) is 59.5 Å². The van der Waals surface area contributed by atoms with Crippen molar-refractivity contribution >= 4 is 22.8 Å². The third-order valence-electron chi connectivity index (χ3n) is 3.71. The van der Waals surface area contributed by atoms with Crippen LogP contribution in [-0.4, -0.2) is 22.9 Å². The molecule has 0 radical (unpaired) electrons. The summed E-state index contributed by atoms with van der Waals surface area (Å²) in [5, 5.41) is 5.65. The van der Waals surface area contributed by atoms with E-state index in [0.717, 1.165) is 10.9 Å². The Hall–Kier alpha value is -3.21. The van der Waals surface area contributed by atoms with Gasteiger partial charge in [0.05, 0.1) is 24.4 Å². The van der Waals surface area contributed by atoms with Gasteiger partial charge in [-0.05, 0) is 31.2 Å². The van der Waals surface area contributed by atoms with E-state index >= 15 is 0 Å². The van der Waals surface area contributed by atoms with Crippen molar-refractivity contribution < 1.29 is 9.53 Å². The normalized spacial score (nSPS) is 11.1. The Labute approximate surface area is 138 Å². The standard InChI is InChI=1S/C19H16N2O3/c1-13-7-9-17(14(11-13)8-10-18(22)24-2)21-19(23)16-6-4-3-5-15(16)12-20-21/h3-12H,1-2H3/b10-8+. The fourth-order valence-corrected chi connectivity index (χ4v) is 2.49. The number of hydrogen-bond acceptors (Lipinski definition) is 4. The SMILES string of the molecule is COC(=O)/C=C/c1cc(C)ccc1-n1ncc2ccccc2c1=O. The van der Waals surface area contributed by atoms with E-state index in [9.17, 15) is 9.59 Å². The third-order valence-corrected chi connectivity index (χ3v) is 3.71. The van der Waals surface area contributed by atoms with Gasteiger partial charge in [-0.2, -0.15) is 9.78 Å². The fraction of sp³-hybridized carbons (Fsp3) is 0.105. The molecule has 1 heterocycles. The quantitative estimate of drug-likeness (QED) is 0.550. The Morgan fingerprint density at radius 3 is 2.79 bits per heavy atom. The Balaban J connectivity index is 2.20. The molecule has 2 aromatic carbocycles. The van der Waals surface area contributed by atoms with Crippen LogP contribution in [0.4, 0.5) is 0 Å². The highest BCUT2D eigenvalue weighted by Crippen LogP contribution is 2.17. The van der Waals surface area contributed by atoms with Crippen LogP contribution in [0.25, 0.3) is 22.5 Å². The van der Waals surface area contributed by atoms with Crippen LogP contribution in [0.1, 0.15) is 11.1 Å². The van der Waals surface area contributed by atoms with Crippen LogP contribution in [0.2, 0.25) is 0 Å². The molecule has 0 unspecified atom stereocenters. The second kappa shape index (κ2) is 6.50. The van der Waals surface area contributed by atoms with E-state index in [1.807, 2.05) is 43.3 Å². The predicted octanol–water partition coefficient (Wildman–Crippen LogP) is 2.88. The lowest BCUT2D eigenvalue weighted by molar-refractivity contribution is -0.134. The molecule has 0 fully saturated rings. The molecular formula is C19H16N2O3. The first kappa shape index (κ1) is 15.7. The van der Waals surface area contributed by atoms with Crippen molar-refractivity contribution in [1.82, 2.24) is 9.78 Å². The molecule has 0 saturated heterocycles. The van der Waals surface area contributed by atoms with Crippen LogP contribution in [-0.2, 0) is 9.53 Å². The number of hydrogen-bond donors (Lipinski definition) is 0. The molecule has 3 aromatic rings. The van der Waals surface area contributed by atoms with Gasteiger partial charge in [-0.3, -0.25) is 4.79 Å². The number of esters is 1. The molecule has 3 rings (SSSR count). The molecule has 0 N–H and O–H groups in total. The van der Waals surface area contributed by atoms with Crippen LogP contribution in [0.3, 0.4) is 0 Å². The van der Waals surface area contributed by atoms with E-state index in [2.05, 4.69) is 9.84 Å². The van der Waals surface area contributed by atoms with Crippen LogP contribution in [0, 0.1) is 6.92 Å². The monoisotopic (exact) mass is 320 g/mol. The van der Waals surface area contributed by atoms with Crippen molar-refractivity contribution in [2.24, 2.45) is 0 Å². The maximum Gasteiger partial charge on any atom is 0.330 e. The molecule has 0 aliphatic rings. The van der Waals surface area contributed by atoms with Gasteiger partial charge in [0.25, 0.3) is 5.56 Å². The summed E-state index contributed by atoms with van der Waals surface area (Å²) in [4.78, 5) is 24.1. The number of benzene rings is 2. The predicted molar refractivity (Wildman–Crippen MR) is 93.1 cm³/mol. The molecule has 120 valence electrons. The number of carbonyl (C=O) groups is 1. The van der Waals surface area contributed by atoms with E-state index in [4.69, 9.17) is 0 Å². The third kappa shape index (κ3) is 2.96. The lowest BCUT2D eigenvalue weighted by Crippen LogP contribution is -2.21. The lowest BCUT2D eigenvalue weighted by atomic mass is 10.1. The van der Waals surface area contributed by atoms with Crippen molar-refractivity contribution in [3.05, 3.63) is 76.2 Å². The van der Waals surface area contributed by atoms with Crippen molar-refractivity contribution in [3.8, 4) is 5.69 Å². The summed E-state index contributed by atoms with van der Waals surface area (Å²) in [7, 11) is 1.32. The summed E-state index contributed by atoms with van der Waals surface area (Å²) in [6, 6.07) is 12.9. The van der Waals surface area contributed by atoms with Crippen LogP contribution < -0.4 is 5.56 Å². The van der Waals surface area contributed by atoms with Gasteiger partial charge in [0.1, 0.15) is 0 Å². The van der Waals surface area contributed by atoms with Gasteiger partial charge in [0.2, 0.25) is 0 Å². The van der Waals surface area contributed by atoms with Gasteiger partial charge in [0.15, 0.2) is 0 Å². The second-order valence-electron chi connectivity index (χ2n) is 5.37. The molecule has 5 heteroatoms. The van der Waals surface area contributed by atoms with Crippen molar-refractivity contribution in [2.45, 2.75) is 6.92 Å². The number of rotatable bonds is 3. The number of carbonyl (C=O) groups excluding carboxylic acids is 1. The topological polar surface area (TPSA) is 61.2 Å². The Morgan fingerprint density at radius 1 is 1.21 bits per heavy atom. The maximum absolute atomic E-state index is 12.7. The van der Waals surface area contributed by atoms with Crippen LogP contribution in [0.5, 0.6) is 0 Å². The van der Waals surface area contributed by atoms with Crippen molar-refractivity contribution in [3.63, 3.8) is 0 Å². The van der Waals surface area contributed by atoms with Gasteiger partial charge in [-0.15, -0.1) is 0 Å². The average molecular weight is 320 g/mol. The number of aromatic nitrogens is 2. The first-order valence-electron chi connectivity index (χ1n) is 7.44. The largest absolute Gasteiger partial charge is 0.466 e. The Bertz CT molecular complexity index is 1000. The van der Waals surface area contributed by atoms with Crippen LogP contribution >= 0.6 is 0 Å². The average Bonchev–Trinajstić information content (AvgIpc) is 2.61. The van der Waals surface area contributed by atoms with E-state index in [1.165, 1.54) is 17.9 Å². The molecule has 0 aliphatic carbocycles. The van der Waals surface area contributed by atoms with E-state index in [0.29, 0.717) is 16.6 Å². The summed E-state index contributed by atoms with van der Waals surface area (Å²) in [5.41, 5.74) is 2.13. The number of nitrogens with zero attached hydrogens (tertiary/aromatic N) is 2. The molecule has 0 amide bonds. The van der Waals surface area contributed by atoms with E-state index in [1.54, 1.807) is 18.3 Å². The van der Waals surface area contributed by atoms with Gasteiger partial charge >= 0.3 is 5.97 Å². The molecule has 0 spiro atoms. The molecule has 0 atom stereocenters. The highest BCUT2D eigenvalue weighted by Gasteiger charge is 2.09. The minimum Gasteiger partial charge on any atom is -0.466 e. The van der Waals surface area contributed by atoms with Gasteiger partial charge < -0.3 is 4.74 Å². The lowest BCUT2D eigenvalue weighted by Gasteiger charge is -2.10. The summed E-state index contributed by atoms with van der Waals surface area (Å²) in [6.07, 6.45) is 4.60. The number of fused-ring (bicyclic) bond motifs is 1. The highest BCUT2D eigenvalue weighted by molar-refractivity contribution is 5.88. The molecule has 24 heavy (non-hydrogen) atoms. The van der Waals surface area contributed by atoms with Gasteiger partial charge in [-0.25, -0.2) is 4.79 Å². The summed E-state index contributed by atoms with van der Waals surface area (Å²) >= 11 is 0. The van der Waals surface area contributed by atoms with E-state index in [-0.39, 0.29) is 5.56 Å². The van der Waals surface area contributed by atoms with Crippen molar-refractivity contribution in [1.29, 1.82) is 0 Å². The zero-order chi connectivity index (χ0) is 17.1. The van der Waals surface area contributed by atoms with Gasteiger partial charge in [0, 0.05) is 17.0 Å². The summed E-state index contributed by atoms with van der Waals surface area (Å²) in [6.45, 7) is 1.94. The minimum absolute atomic E-state index is 0.204. The number of ether oxygens (including phenoxy) is 1. The van der Waals surface area contributed by atoms with Gasteiger partial charge in [-0.1, -0.05) is 29.8 Å². The molecule has 1 aromatic heterocycles. The first-order chi connectivity index (χ1) is 11.6. The zero-order valence-electron chi connectivity index (χ0n) is 13.4.